The van der Waals surface area contributed by atoms with Gasteiger partial charge >= 0.3 is 5.97 Å². The Morgan fingerprint density at radius 3 is 2.58 bits per heavy atom. The Kier molecular flexibility index (Phi) is 4.03. The van der Waals surface area contributed by atoms with Gasteiger partial charge in [0.2, 0.25) is 0 Å². The van der Waals surface area contributed by atoms with Crippen LogP contribution in [0.3, 0.4) is 0 Å². The van der Waals surface area contributed by atoms with E-state index in [4.69, 9.17) is 4.74 Å². The average molecular weight is 260 g/mol. The lowest BCUT2D eigenvalue weighted by Gasteiger charge is -2.15. The molecule has 0 heterocycles. The third kappa shape index (κ3) is 3.91. The number of ether oxygens (including phenoxy) is 1. The molecule has 1 saturated carbocycles. The van der Waals surface area contributed by atoms with Crippen molar-refractivity contribution in [2.24, 2.45) is 11.3 Å². The molecule has 2 rings (SSSR count). The van der Waals surface area contributed by atoms with Gasteiger partial charge in [0.15, 0.2) is 0 Å². The highest BCUT2D eigenvalue weighted by atomic mass is 16.5. The van der Waals surface area contributed by atoms with Crippen LogP contribution in [0, 0.1) is 11.3 Å². The molecule has 102 valence electrons. The van der Waals surface area contributed by atoms with Crippen LogP contribution in [-0.2, 0) is 20.9 Å². The number of ketones is 1. The van der Waals surface area contributed by atoms with Crippen LogP contribution in [0.25, 0.3) is 0 Å². The van der Waals surface area contributed by atoms with E-state index in [2.05, 4.69) is 13.8 Å². The number of Topliss-reactive ketones (excluding diaryl/α,β-unsaturated/α-hetero) is 1. The molecule has 1 aromatic carbocycles. The standard InChI is InChI=1S/C16H20O3/c1-16(2)9-13(14(17)10-16)8-15(18)19-11-12-6-4-3-5-7-12/h3-7,13H,8-11H2,1-2H3. The summed E-state index contributed by atoms with van der Waals surface area (Å²) >= 11 is 0. The maximum Gasteiger partial charge on any atom is 0.306 e. The van der Waals surface area contributed by atoms with Crippen LogP contribution in [0.5, 0.6) is 0 Å². The fourth-order valence-electron chi connectivity index (χ4n) is 2.65. The van der Waals surface area contributed by atoms with Gasteiger partial charge in [0.05, 0.1) is 6.42 Å². The van der Waals surface area contributed by atoms with Crippen LogP contribution < -0.4 is 0 Å². The van der Waals surface area contributed by atoms with Crippen LogP contribution in [0.1, 0.15) is 38.7 Å². The quantitative estimate of drug-likeness (QED) is 0.781. The van der Waals surface area contributed by atoms with Crippen molar-refractivity contribution in [2.75, 3.05) is 0 Å². The predicted molar refractivity (Wildman–Crippen MR) is 72.4 cm³/mol. The van der Waals surface area contributed by atoms with E-state index in [1.807, 2.05) is 30.3 Å². The molecule has 0 aliphatic heterocycles. The minimum absolute atomic E-state index is 0.0292. The van der Waals surface area contributed by atoms with Crippen LogP contribution in [-0.4, -0.2) is 11.8 Å². The number of carbonyl (C=O) groups excluding carboxylic acids is 2. The molecular formula is C16H20O3. The number of hydrogen-bond acceptors (Lipinski definition) is 3. The topological polar surface area (TPSA) is 43.4 Å². The van der Waals surface area contributed by atoms with Gasteiger partial charge in [-0.2, -0.15) is 0 Å². The zero-order chi connectivity index (χ0) is 13.9. The van der Waals surface area contributed by atoms with Crippen LogP contribution in [0.4, 0.5) is 0 Å². The second kappa shape index (κ2) is 5.55. The molecule has 1 aliphatic carbocycles. The first kappa shape index (κ1) is 13.8. The van der Waals surface area contributed by atoms with Crippen LogP contribution in [0.2, 0.25) is 0 Å². The molecule has 0 amide bonds. The van der Waals surface area contributed by atoms with E-state index in [9.17, 15) is 9.59 Å². The lowest BCUT2D eigenvalue weighted by atomic mass is 9.90. The largest absolute Gasteiger partial charge is 0.461 e. The molecule has 1 aliphatic rings. The molecule has 19 heavy (non-hydrogen) atoms. The Morgan fingerprint density at radius 1 is 1.32 bits per heavy atom. The fraction of sp³-hybridized carbons (Fsp3) is 0.500. The third-order valence-electron chi connectivity index (χ3n) is 3.56. The smallest absolute Gasteiger partial charge is 0.306 e. The highest BCUT2D eigenvalue weighted by molar-refractivity contribution is 5.87. The van der Waals surface area contributed by atoms with Crippen molar-refractivity contribution in [3.8, 4) is 0 Å². The molecule has 1 fully saturated rings. The summed E-state index contributed by atoms with van der Waals surface area (Å²) in [5, 5.41) is 0. The van der Waals surface area contributed by atoms with E-state index in [1.165, 1.54) is 0 Å². The number of esters is 1. The zero-order valence-electron chi connectivity index (χ0n) is 11.5. The highest BCUT2D eigenvalue weighted by Crippen LogP contribution is 2.39. The van der Waals surface area contributed by atoms with Gasteiger partial charge in [-0.25, -0.2) is 0 Å². The molecule has 0 aromatic heterocycles. The van der Waals surface area contributed by atoms with Crippen molar-refractivity contribution in [3.05, 3.63) is 35.9 Å². The number of carbonyl (C=O) groups is 2. The predicted octanol–water partition coefficient (Wildman–Crippen LogP) is 3.13. The maximum absolute atomic E-state index is 11.8. The molecule has 3 heteroatoms. The first-order chi connectivity index (χ1) is 8.96. The van der Waals surface area contributed by atoms with E-state index < -0.39 is 0 Å². The molecule has 0 spiro atoms. The monoisotopic (exact) mass is 260 g/mol. The second-order valence-electron chi connectivity index (χ2n) is 6.06. The minimum atomic E-state index is -0.278. The summed E-state index contributed by atoms with van der Waals surface area (Å²) in [6, 6.07) is 9.57. The zero-order valence-corrected chi connectivity index (χ0v) is 11.5. The Bertz CT molecular complexity index is 462. The normalized spacial score (nSPS) is 21.4. The second-order valence-corrected chi connectivity index (χ2v) is 6.06. The maximum atomic E-state index is 11.8. The Balaban J connectivity index is 1.81. The summed E-state index contributed by atoms with van der Waals surface area (Å²) in [6.07, 6.45) is 1.57. The number of benzene rings is 1. The van der Waals surface area contributed by atoms with Gasteiger partial charge in [-0.05, 0) is 17.4 Å². The fourth-order valence-corrected chi connectivity index (χ4v) is 2.65. The van der Waals surface area contributed by atoms with Gasteiger partial charge in [0.1, 0.15) is 12.4 Å². The molecule has 0 N–H and O–H groups in total. The summed E-state index contributed by atoms with van der Waals surface area (Å²) in [4.78, 5) is 23.5. The Morgan fingerprint density at radius 2 is 2.00 bits per heavy atom. The number of rotatable bonds is 4. The summed E-state index contributed by atoms with van der Waals surface area (Å²) in [5.41, 5.74) is 0.996. The van der Waals surface area contributed by atoms with E-state index in [0.717, 1.165) is 12.0 Å². The molecule has 0 radical (unpaired) electrons. The summed E-state index contributed by atoms with van der Waals surface area (Å²) in [5.74, 6) is -0.236. The summed E-state index contributed by atoms with van der Waals surface area (Å²) < 4.78 is 5.22. The molecule has 1 aromatic rings. The Hall–Kier alpha value is -1.64. The van der Waals surface area contributed by atoms with Crippen LogP contribution in [0.15, 0.2) is 30.3 Å². The van der Waals surface area contributed by atoms with Crippen molar-refractivity contribution in [1.82, 2.24) is 0 Å². The first-order valence-electron chi connectivity index (χ1n) is 6.68. The van der Waals surface area contributed by atoms with Crippen molar-refractivity contribution in [3.63, 3.8) is 0 Å². The van der Waals surface area contributed by atoms with Crippen LogP contribution >= 0.6 is 0 Å². The SMILES string of the molecule is CC1(C)CC(=O)C(CC(=O)OCc2ccccc2)C1. The van der Waals surface area contributed by atoms with Gasteiger partial charge in [0, 0.05) is 12.3 Å². The lowest BCUT2D eigenvalue weighted by Crippen LogP contribution is -2.15. The lowest BCUT2D eigenvalue weighted by molar-refractivity contribution is -0.147. The summed E-state index contributed by atoms with van der Waals surface area (Å²) in [6.45, 7) is 4.42. The molecular weight excluding hydrogens is 240 g/mol. The van der Waals surface area contributed by atoms with Gasteiger partial charge in [-0.15, -0.1) is 0 Å². The minimum Gasteiger partial charge on any atom is -0.461 e. The van der Waals surface area contributed by atoms with Gasteiger partial charge < -0.3 is 4.74 Å². The van der Waals surface area contributed by atoms with Crippen molar-refractivity contribution < 1.29 is 14.3 Å². The highest BCUT2D eigenvalue weighted by Gasteiger charge is 2.38. The van der Waals surface area contributed by atoms with E-state index in [-0.39, 0.29) is 36.1 Å². The van der Waals surface area contributed by atoms with Gasteiger partial charge in [-0.1, -0.05) is 44.2 Å². The summed E-state index contributed by atoms with van der Waals surface area (Å²) in [7, 11) is 0. The van der Waals surface area contributed by atoms with Crippen molar-refractivity contribution in [2.45, 2.75) is 39.7 Å². The molecule has 1 atom stereocenters. The van der Waals surface area contributed by atoms with E-state index in [0.29, 0.717) is 6.42 Å². The van der Waals surface area contributed by atoms with Gasteiger partial charge in [0.25, 0.3) is 0 Å². The van der Waals surface area contributed by atoms with E-state index in [1.54, 1.807) is 0 Å². The van der Waals surface area contributed by atoms with Gasteiger partial charge in [-0.3, -0.25) is 9.59 Å². The van der Waals surface area contributed by atoms with E-state index >= 15 is 0 Å². The van der Waals surface area contributed by atoms with Crippen molar-refractivity contribution in [1.29, 1.82) is 0 Å². The third-order valence-corrected chi connectivity index (χ3v) is 3.56. The Labute approximate surface area is 114 Å². The molecule has 0 bridgehead atoms. The molecule has 3 nitrogen and oxygen atoms in total. The van der Waals surface area contributed by atoms with Crippen molar-refractivity contribution >= 4 is 11.8 Å². The molecule has 0 saturated heterocycles. The molecule has 1 unspecified atom stereocenters. The average Bonchev–Trinajstić information content (AvgIpc) is 2.61. The first-order valence-corrected chi connectivity index (χ1v) is 6.68. The number of hydrogen-bond donors (Lipinski definition) is 0.